The molecule has 2 aliphatic rings. The summed E-state index contributed by atoms with van der Waals surface area (Å²) in [5.74, 6) is -0.234. The first kappa shape index (κ1) is 15.8. The highest BCUT2D eigenvalue weighted by Gasteiger charge is 2.42. The summed E-state index contributed by atoms with van der Waals surface area (Å²) in [5, 5.41) is 0. The normalized spacial score (nSPS) is 32.3. The lowest BCUT2D eigenvalue weighted by molar-refractivity contribution is -0.149. The monoisotopic (exact) mass is 282 g/mol. The molecule has 116 valence electrons. The van der Waals surface area contributed by atoms with Crippen molar-refractivity contribution in [2.45, 2.75) is 82.3 Å². The Morgan fingerprint density at radius 1 is 1.20 bits per heavy atom. The molecule has 0 aromatic carbocycles. The third-order valence-electron chi connectivity index (χ3n) is 5.23. The van der Waals surface area contributed by atoms with Crippen molar-refractivity contribution in [3.63, 3.8) is 0 Å². The molecule has 4 nitrogen and oxygen atoms in total. The highest BCUT2D eigenvalue weighted by Crippen LogP contribution is 2.34. The van der Waals surface area contributed by atoms with Gasteiger partial charge in [0.1, 0.15) is 5.54 Å². The van der Waals surface area contributed by atoms with E-state index in [0.717, 1.165) is 25.8 Å². The van der Waals surface area contributed by atoms with E-state index in [0.29, 0.717) is 12.1 Å². The predicted octanol–water partition coefficient (Wildman–Crippen LogP) is 2.45. The highest BCUT2D eigenvalue weighted by atomic mass is 16.5. The molecule has 2 N–H and O–H groups in total. The van der Waals surface area contributed by atoms with Crippen LogP contribution in [0.5, 0.6) is 0 Å². The first-order valence-electron chi connectivity index (χ1n) is 8.24. The zero-order valence-electron chi connectivity index (χ0n) is 13.1. The Hall–Kier alpha value is -0.610. The van der Waals surface area contributed by atoms with Gasteiger partial charge in [0.2, 0.25) is 0 Å². The zero-order valence-corrected chi connectivity index (χ0v) is 13.1. The average molecular weight is 282 g/mol. The van der Waals surface area contributed by atoms with E-state index in [1.807, 2.05) is 0 Å². The number of nitrogens with two attached hydrogens (primary N) is 1. The Balaban J connectivity index is 2.03. The Labute approximate surface area is 123 Å². The van der Waals surface area contributed by atoms with Crippen molar-refractivity contribution >= 4 is 5.97 Å². The lowest BCUT2D eigenvalue weighted by Gasteiger charge is -2.45. The molecule has 2 rings (SSSR count). The molecule has 4 heteroatoms. The van der Waals surface area contributed by atoms with Crippen LogP contribution in [0.1, 0.15) is 64.7 Å². The number of ether oxygens (including phenoxy) is 1. The molecule has 0 aromatic heterocycles. The summed E-state index contributed by atoms with van der Waals surface area (Å²) in [5.41, 5.74) is 5.56. The van der Waals surface area contributed by atoms with Crippen molar-refractivity contribution in [2.75, 3.05) is 13.7 Å². The number of carbonyl (C=O) groups excluding carboxylic acids is 1. The van der Waals surface area contributed by atoms with Crippen molar-refractivity contribution in [1.82, 2.24) is 4.90 Å². The van der Waals surface area contributed by atoms with E-state index in [1.165, 1.54) is 45.6 Å². The fourth-order valence-electron chi connectivity index (χ4n) is 4.18. The van der Waals surface area contributed by atoms with Gasteiger partial charge in [-0.2, -0.15) is 0 Å². The maximum Gasteiger partial charge on any atom is 0.325 e. The number of hydrogen-bond donors (Lipinski definition) is 1. The summed E-state index contributed by atoms with van der Waals surface area (Å²) in [6, 6.07) is 1.14. The van der Waals surface area contributed by atoms with Crippen LogP contribution in [0, 0.1) is 0 Å². The summed E-state index contributed by atoms with van der Waals surface area (Å²) in [6.07, 6.45) is 10.4. The van der Waals surface area contributed by atoms with E-state index in [4.69, 9.17) is 10.5 Å². The van der Waals surface area contributed by atoms with E-state index in [1.54, 1.807) is 0 Å². The molecule has 0 radical (unpaired) electrons. The molecule has 0 bridgehead atoms. The van der Waals surface area contributed by atoms with Gasteiger partial charge >= 0.3 is 5.97 Å². The lowest BCUT2D eigenvalue weighted by Crippen LogP contribution is -2.57. The van der Waals surface area contributed by atoms with Gasteiger partial charge in [0, 0.05) is 12.1 Å². The SMILES string of the molecule is CCN(C1CCCCC1)C1CCCC(N)(C(=O)OC)C1. The standard InChI is InChI=1S/C16H30N2O2/c1-3-18(13-8-5-4-6-9-13)14-10-7-11-16(17,12-14)15(19)20-2/h13-14H,3-12,17H2,1-2H3. The maximum absolute atomic E-state index is 12.0. The summed E-state index contributed by atoms with van der Waals surface area (Å²) in [6.45, 7) is 3.30. The fraction of sp³-hybridized carbons (Fsp3) is 0.938. The zero-order chi connectivity index (χ0) is 14.6. The number of carbonyl (C=O) groups is 1. The van der Waals surface area contributed by atoms with E-state index in [-0.39, 0.29) is 5.97 Å². The van der Waals surface area contributed by atoms with Crippen LogP contribution in [-0.4, -0.2) is 42.1 Å². The van der Waals surface area contributed by atoms with Gasteiger partial charge in [-0.1, -0.05) is 26.2 Å². The van der Waals surface area contributed by atoms with Crippen molar-refractivity contribution in [3.8, 4) is 0 Å². The number of esters is 1. The second-order valence-electron chi connectivity index (χ2n) is 6.52. The van der Waals surface area contributed by atoms with Gasteiger partial charge in [0.25, 0.3) is 0 Å². The minimum Gasteiger partial charge on any atom is -0.468 e. The molecular formula is C16H30N2O2. The molecule has 2 unspecified atom stereocenters. The number of nitrogens with zero attached hydrogens (tertiary/aromatic N) is 1. The van der Waals surface area contributed by atoms with Crippen LogP contribution >= 0.6 is 0 Å². The van der Waals surface area contributed by atoms with Crippen molar-refractivity contribution in [1.29, 1.82) is 0 Å². The third-order valence-corrected chi connectivity index (χ3v) is 5.23. The molecule has 2 fully saturated rings. The second-order valence-corrected chi connectivity index (χ2v) is 6.52. The Morgan fingerprint density at radius 3 is 2.45 bits per heavy atom. The summed E-state index contributed by atoms with van der Waals surface area (Å²) < 4.78 is 4.92. The van der Waals surface area contributed by atoms with Crippen molar-refractivity contribution < 1.29 is 9.53 Å². The number of rotatable bonds is 4. The number of methoxy groups -OCH3 is 1. The summed E-state index contributed by atoms with van der Waals surface area (Å²) in [4.78, 5) is 14.6. The second kappa shape index (κ2) is 6.90. The Kier molecular flexibility index (Phi) is 5.44. The fourth-order valence-corrected chi connectivity index (χ4v) is 4.18. The van der Waals surface area contributed by atoms with Crippen LogP contribution in [0.3, 0.4) is 0 Å². The molecule has 2 atom stereocenters. The average Bonchev–Trinajstić information content (AvgIpc) is 2.48. The highest BCUT2D eigenvalue weighted by molar-refractivity contribution is 5.80. The lowest BCUT2D eigenvalue weighted by atomic mass is 9.78. The van der Waals surface area contributed by atoms with Crippen LogP contribution in [0.2, 0.25) is 0 Å². The van der Waals surface area contributed by atoms with Crippen LogP contribution in [0.25, 0.3) is 0 Å². The van der Waals surface area contributed by atoms with E-state index in [9.17, 15) is 4.79 Å². The molecule has 0 aliphatic heterocycles. The van der Waals surface area contributed by atoms with Crippen LogP contribution < -0.4 is 5.73 Å². The van der Waals surface area contributed by atoms with Crippen molar-refractivity contribution in [2.24, 2.45) is 5.73 Å². The molecule has 0 aromatic rings. The Morgan fingerprint density at radius 2 is 1.85 bits per heavy atom. The molecule has 2 saturated carbocycles. The first-order valence-corrected chi connectivity index (χ1v) is 8.24. The van der Waals surface area contributed by atoms with E-state index in [2.05, 4.69) is 11.8 Å². The molecule has 0 saturated heterocycles. The van der Waals surface area contributed by atoms with Gasteiger partial charge in [-0.15, -0.1) is 0 Å². The van der Waals surface area contributed by atoms with E-state index < -0.39 is 5.54 Å². The van der Waals surface area contributed by atoms with Crippen LogP contribution in [-0.2, 0) is 9.53 Å². The molecule has 0 heterocycles. The molecule has 2 aliphatic carbocycles. The smallest absolute Gasteiger partial charge is 0.325 e. The third kappa shape index (κ3) is 3.34. The molecular weight excluding hydrogens is 252 g/mol. The first-order chi connectivity index (χ1) is 9.60. The minimum absolute atomic E-state index is 0.234. The van der Waals surface area contributed by atoms with Gasteiger partial charge in [-0.3, -0.25) is 9.69 Å². The summed E-state index contributed by atoms with van der Waals surface area (Å²) in [7, 11) is 1.44. The molecule has 0 amide bonds. The van der Waals surface area contributed by atoms with Gasteiger partial charge in [0.15, 0.2) is 0 Å². The maximum atomic E-state index is 12.0. The van der Waals surface area contributed by atoms with Gasteiger partial charge in [-0.25, -0.2) is 0 Å². The number of hydrogen-bond acceptors (Lipinski definition) is 4. The van der Waals surface area contributed by atoms with Gasteiger partial charge < -0.3 is 10.5 Å². The quantitative estimate of drug-likeness (QED) is 0.805. The minimum atomic E-state index is -0.764. The van der Waals surface area contributed by atoms with Crippen molar-refractivity contribution in [3.05, 3.63) is 0 Å². The predicted molar refractivity (Wildman–Crippen MR) is 80.4 cm³/mol. The molecule has 20 heavy (non-hydrogen) atoms. The van der Waals surface area contributed by atoms with Crippen LogP contribution in [0.4, 0.5) is 0 Å². The largest absolute Gasteiger partial charge is 0.468 e. The van der Waals surface area contributed by atoms with Gasteiger partial charge in [-0.05, 0) is 45.1 Å². The summed E-state index contributed by atoms with van der Waals surface area (Å²) >= 11 is 0. The Bertz CT molecular complexity index is 328. The topological polar surface area (TPSA) is 55.6 Å². The van der Waals surface area contributed by atoms with Crippen LogP contribution in [0.15, 0.2) is 0 Å². The van der Waals surface area contributed by atoms with E-state index >= 15 is 0 Å². The molecule has 0 spiro atoms. The van der Waals surface area contributed by atoms with Gasteiger partial charge in [0.05, 0.1) is 7.11 Å².